The minimum atomic E-state index is -0.498. The molecule has 0 radical (unpaired) electrons. The van der Waals surface area contributed by atoms with Crippen molar-refractivity contribution in [3.63, 3.8) is 0 Å². The van der Waals surface area contributed by atoms with Crippen LogP contribution in [-0.4, -0.2) is 45.8 Å². The maximum absolute atomic E-state index is 12.4. The smallest absolute Gasteiger partial charge is 0.263 e. The topological polar surface area (TPSA) is 95.2 Å². The van der Waals surface area contributed by atoms with E-state index in [4.69, 9.17) is 0 Å². The molecule has 2 amide bonds. The molecule has 1 aromatic heterocycles. The van der Waals surface area contributed by atoms with Gasteiger partial charge in [0.15, 0.2) is 0 Å². The Hall–Kier alpha value is -2.96. The second kappa shape index (κ2) is 8.16. The molecule has 142 valence electrons. The third kappa shape index (κ3) is 4.61. The van der Waals surface area contributed by atoms with Gasteiger partial charge < -0.3 is 15.2 Å². The van der Waals surface area contributed by atoms with Gasteiger partial charge in [-0.25, -0.2) is 4.98 Å². The number of aromatic nitrogens is 2. The highest BCUT2D eigenvalue weighted by Gasteiger charge is 2.31. The summed E-state index contributed by atoms with van der Waals surface area (Å²) in [6, 6.07) is 9.66. The second-order valence-electron chi connectivity index (χ2n) is 7.12. The fraction of sp³-hybridized carbons (Fsp3) is 0.400. The Bertz CT molecular complexity index is 876. The lowest BCUT2D eigenvalue weighted by molar-refractivity contribution is -0.127. The van der Waals surface area contributed by atoms with Crippen LogP contribution in [0.2, 0.25) is 0 Å². The Morgan fingerprint density at radius 2 is 2.04 bits per heavy atom. The number of carbonyl (C=O) groups excluding carboxylic acids is 2. The molecule has 7 heteroatoms. The number of benzene rings is 1. The number of rotatable bonds is 6. The van der Waals surface area contributed by atoms with Crippen LogP contribution in [-0.2, 0) is 11.2 Å². The maximum atomic E-state index is 12.4. The molecule has 3 rings (SSSR count). The van der Waals surface area contributed by atoms with Crippen molar-refractivity contribution in [2.24, 2.45) is 0 Å². The monoisotopic (exact) mass is 368 g/mol. The van der Waals surface area contributed by atoms with E-state index in [9.17, 15) is 14.4 Å². The summed E-state index contributed by atoms with van der Waals surface area (Å²) in [6.45, 7) is 4.88. The van der Waals surface area contributed by atoms with Gasteiger partial charge in [0.2, 0.25) is 5.91 Å². The number of nitrogens with one attached hydrogen (secondary N) is 2. The third-order valence-corrected chi connectivity index (χ3v) is 4.67. The molecule has 27 heavy (non-hydrogen) atoms. The van der Waals surface area contributed by atoms with Crippen molar-refractivity contribution >= 4 is 11.8 Å². The lowest BCUT2D eigenvalue weighted by Crippen LogP contribution is -2.39. The Morgan fingerprint density at radius 3 is 2.70 bits per heavy atom. The molecule has 2 aromatic rings. The number of nitrogens with zero attached hydrogens (tertiary/aromatic N) is 2. The standard InChI is InChI=1S/C20H24N4O3/c1-13(2)18-21-11-16(20(27)23-18)19(26)22-15-10-17(25)24(12-15)9-8-14-6-4-3-5-7-14/h3-7,11,13,15H,8-10,12H2,1-2H3,(H,22,26)(H,21,23,27). The van der Waals surface area contributed by atoms with Gasteiger partial charge in [-0.3, -0.25) is 14.4 Å². The molecule has 1 saturated heterocycles. The van der Waals surface area contributed by atoms with E-state index in [1.54, 1.807) is 4.90 Å². The molecule has 1 aliphatic rings. The van der Waals surface area contributed by atoms with Crippen LogP contribution in [0.5, 0.6) is 0 Å². The van der Waals surface area contributed by atoms with E-state index in [2.05, 4.69) is 15.3 Å². The van der Waals surface area contributed by atoms with Gasteiger partial charge in [-0.05, 0) is 12.0 Å². The molecule has 0 aliphatic carbocycles. The lowest BCUT2D eigenvalue weighted by atomic mass is 10.1. The number of hydrogen-bond donors (Lipinski definition) is 2. The van der Waals surface area contributed by atoms with Crippen LogP contribution in [0.15, 0.2) is 41.3 Å². The predicted octanol–water partition coefficient (Wildman–Crippen LogP) is 1.47. The zero-order chi connectivity index (χ0) is 19.4. The highest BCUT2D eigenvalue weighted by Crippen LogP contribution is 2.13. The molecule has 0 saturated carbocycles. The normalized spacial score (nSPS) is 16.8. The maximum Gasteiger partial charge on any atom is 0.263 e. The predicted molar refractivity (Wildman–Crippen MR) is 102 cm³/mol. The Morgan fingerprint density at radius 1 is 1.30 bits per heavy atom. The summed E-state index contributed by atoms with van der Waals surface area (Å²) in [4.78, 5) is 45.2. The van der Waals surface area contributed by atoms with Crippen molar-refractivity contribution in [1.29, 1.82) is 0 Å². The van der Waals surface area contributed by atoms with E-state index in [0.717, 1.165) is 6.42 Å². The van der Waals surface area contributed by atoms with E-state index in [1.165, 1.54) is 11.8 Å². The molecule has 1 aromatic carbocycles. The molecular weight excluding hydrogens is 344 g/mol. The second-order valence-corrected chi connectivity index (χ2v) is 7.12. The van der Waals surface area contributed by atoms with E-state index in [0.29, 0.717) is 18.9 Å². The Balaban J connectivity index is 1.58. The van der Waals surface area contributed by atoms with Gasteiger partial charge in [-0.15, -0.1) is 0 Å². The molecule has 0 bridgehead atoms. The quantitative estimate of drug-likeness (QED) is 0.807. The molecule has 1 fully saturated rings. The van der Waals surface area contributed by atoms with Crippen molar-refractivity contribution in [2.45, 2.75) is 38.6 Å². The number of amides is 2. The number of likely N-dealkylation sites (tertiary alicyclic amines) is 1. The van der Waals surface area contributed by atoms with E-state index >= 15 is 0 Å². The number of aromatic amines is 1. The van der Waals surface area contributed by atoms with Crippen LogP contribution >= 0.6 is 0 Å². The van der Waals surface area contributed by atoms with Crippen molar-refractivity contribution in [1.82, 2.24) is 20.2 Å². The van der Waals surface area contributed by atoms with Crippen molar-refractivity contribution in [3.05, 3.63) is 63.8 Å². The Labute approximate surface area is 157 Å². The average Bonchev–Trinajstić information content (AvgIpc) is 2.99. The molecular formula is C20H24N4O3. The summed E-state index contributed by atoms with van der Waals surface area (Å²) < 4.78 is 0. The summed E-state index contributed by atoms with van der Waals surface area (Å²) >= 11 is 0. The number of hydrogen-bond acceptors (Lipinski definition) is 4. The summed E-state index contributed by atoms with van der Waals surface area (Å²) in [5, 5.41) is 2.78. The third-order valence-electron chi connectivity index (χ3n) is 4.67. The molecule has 2 N–H and O–H groups in total. The van der Waals surface area contributed by atoms with Crippen molar-refractivity contribution < 1.29 is 9.59 Å². The van der Waals surface area contributed by atoms with E-state index in [-0.39, 0.29) is 29.9 Å². The van der Waals surface area contributed by atoms with Gasteiger partial charge in [0.1, 0.15) is 11.4 Å². The Kier molecular flexibility index (Phi) is 5.69. The summed E-state index contributed by atoms with van der Waals surface area (Å²) in [6.07, 6.45) is 2.32. The molecule has 7 nitrogen and oxygen atoms in total. The summed E-state index contributed by atoms with van der Waals surface area (Å²) in [7, 11) is 0. The first kappa shape index (κ1) is 18.8. The zero-order valence-electron chi connectivity index (χ0n) is 15.6. The fourth-order valence-corrected chi connectivity index (χ4v) is 3.12. The lowest BCUT2D eigenvalue weighted by Gasteiger charge is -2.17. The van der Waals surface area contributed by atoms with Crippen LogP contribution in [0.3, 0.4) is 0 Å². The van der Waals surface area contributed by atoms with Crippen LogP contribution in [0.1, 0.15) is 47.9 Å². The highest BCUT2D eigenvalue weighted by molar-refractivity contribution is 5.94. The van der Waals surface area contributed by atoms with E-state index < -0.39 is 11.5 Å². The largest absolute Gasteiger partial charge is 0.347 e. The van der Waals surface area contributed by atoms with Crippen LogP contribution in [0, 0.1) is 0 Å². The zero-order valence-corrected chi connectivity index (χ0v) is 15.6. The summed E-state index contributed by atoms with van der Waals surface area (Å²) in [5.41, 5.74) is 0.673. The molecule has 1 atom stereocenters. The van der Waals surface area contributed by atoms with Gasteiger partial charge in [0.25, 0.3) is 11.5 Å². The van der Waals surface area contributed by atoms with Crippen molar-refractivity contribution in [3.8, 4) is 0 Å². The van der Waals surface area contributed by atoms with Crippen LogP contribution in [0.4, 0.5) is 0 Å². The van der Waals surface area contributed by atoms with Gasteiger partial charge in [0, 0.05) is 31.6 Å². The highest BCUT2D eigenvalue weighted by atomic mass is 16.2. The first-order valence-electron chi connectivity index (χ1n) is 9.16. The van der Waals surface area contributed by atoms with Gasteiger partial charge in [-0.1, -0.05) is 44.2 Å². The average molecular weight is 368 g/mol. The molecule has 0 spiro atoms. The van der Waals surface area contributed by atoms with Crippen LogP contribution in [0.25, 0.3) is 0 Å². The fourth-order valence-electron chi connectivity index (χ4n) is 3.12. The SMILES string of the molecule is CC(C)c1ncc(C(=O)NC2CC(=O)N(CCc3ccccc3)C2)c(=O)[nH]1. The van der Waals surface area contributed by atoms with E-state index in [1.807, 2.05) is 44.2 Å². The molecule has 2 heterocycles. The minimum Gasteiger partial charge on any atom is -0.347 e. The minimum absolute atomic E-state index is 0.0124. The first-order valence-corrected chi connectivity index (χ1v) is 9.16. The van der Waals surface area contributed by atoms with Gasteiger partial charge in [-0.2, -0.15) is 0 Å². The summed E-state index contributed by atoms with van der Waals surface area (Å²) in [5.74, 6) is 0.125. The number of carbonyl (C=O) groups is 2. The van der Waals surface area contributed by atoms with Crippen molar-refractivity contribution in [2.75, 3.05) is 13.1 Å². The van der Waals surface area contributed by atoms with Crippen LogP contribution < -0.4 is 10.9 Å². The number of H-pyrrole nitrogens is 1. The van der Waals surface area contributed by atoms with Gasteiger partial charge in [0.05, 0.1) is 6.04 Å². The first-order chi connectivity index (χ1) is 12.9. The molecule has 1 unspecified atom stereocenters. The van der Waals surface area contributed by atoms with Gasteiger partial charge >= 0.3 is 0 Å². The molecule has 1 aliphatic heterocycles.